The van der Waals surface area contributed by atoms with Crippen LogP contribution in [0.2, 0.25) is 0 Å². The number of pyridine rings is 1. The highest BCUT2D eigenvalue weighted by molar-refractivity contribution is 5.53. The summed E-state index contributed by atoms with van der Waals surface area (Å²) in [6.45, 7) is 0.811. The number of nitrogens with zero attached hydrogens (tertiary/aromatic N) is 4. The predicted octanol–water partition coefficient (Wildman–Crippen LogP) is 2.11. The van der Waals surface area contributed by atoms with E-state index in [1.54, 1.807) is 18.3 Å². The van der Waals surface area contributed by atoms with E-state index in [2.05, 4.69) is 15.1 Å². The minimum Gasteiger partial charge on any atom is -0.378 e. The van der Waals surface area contributed by atoms with Gasteiger partial charge in [-0.1, -0.05) is 5.16 Å². The third kappa shape index (κ3) is 2.83. The first-order valence-electron chi connectivity index (χ1n) is 6.66. The van der Waals surface area contributed by atoms with Gasteiger partial charge in [0.15, 0.2) is 5.82 Å². The van der Waals surface area contributed by atoms with E-state index in [1.807, 2.05) is 6.07 Å². The molecule has 2 aromatic heterocycles. The van der Waals surface area contributed by atoms with Crippen molar-refractivity contribution in [3.63, 3.8) is 0 Å². The predicted molar refractivity (Wildman–Crippen MR) is 69.5 cm³/mol. The monoisotopic (exact) mass is 270 g/mol. The third-order valence-corrected chi connectivity index (χ3v) is 3.27. The van der Waals surface area contributed by atoms with Gasteiger partial charge in [-0.05, 0) is 31.4 Å². The number of aromatic nitrogens is 3. The number of nitriles is 1. The molecule has 1 atom stereocenters. The Morgan fingerprint density at radius 1 is 1.40 bits per heavy atom. The van der Waals surface area contributed by atoms with Gasteiger partial charge in [0.2, 0.25) is 0 Å². The zero-order chi connectivity index (χ0) is 13.8. The molecule has 0 spiro atoms. The molecule has 6 nitrogen and oxygen atoms in total. The van der Waals surface area contributed by atoms with Crippen molar-refractivity contribution >= 4 is 0 Å². The van der Waals surface area contributed by atoms with Crippen molar-refractivity contribution in [2.45, 2.75) is 31.8 Å². The first-order valence-corrected chi connectivity index (χ1v) is 6.66. The number of hydrogen-bond acceptors (Lipinski definition) is 6. The highest BCUT2D eigenvalue weighted by atomic mass is 16.5. The van der Waals surface area contributed by atoms with Crippen LogP contribution in [-0.2, 0) is 11.2 Å². The van der Waals surface area contributed by atoms with Crippen LogP contribution < -0.4 is 0 Å². The zero-order valence-electron chi connectivity index (χ0n) is 11.0. The molecular weight excluding hydrogens is 256 g/mol. The summed E-state index contributed by atoms with van der Waals surface area (Å²) in [6.07, 6.45) is 5.76. The Labute approximate surface area is 116 Å². The lowest BCUT2D eigenvalue weighted by Gasteiger charge is -2.20. The van der Waals surface area contributed by atoms with E-state index in [9.17, 15) is 0 Å². The van der Waals surface area contributed by atoms with Gasteiger partial charge < -0.3 is 9.26 Å². The van der Waals surface area contributed by atoms with Crippen molar-refractivity contribution in [3.05, 3.63) is 29.8 Å². The van der Waals surface area contributed by atoms with Crippen molar-refractivity contribution < 1.29 is 9.26 Å². The average Bonchev–Trinajstić information content (AvgIpc) is 2.97. The lowest BCUT2D eigenvalue weighted by Crippen LogP contribution is -2.21. The summed E-state index contributed by atoms with van der Waals surface area (Å²) >= 11 is 0. The third-order valence-electron chi connectivity index (χ3n) is 3.27. The van der Waals surface area contributed by atoms with E-state index in [0.29, 0.717) is 29.4 Å². The molecule has 102 valence electrons. The average molecular weight is 270 g/mol. The van der Waals surface area contributed by atoms with Gasteiger partial charge in [0, 0.05) is 24.8 Å². The molecule has 0 N–H and O–H groups in total. The van der Waals surface area contributed by atoms with Crippen molar-refractivity contribution in [3.8, 4) is 17.5 Å². The van der Waals surface area contributed by atoms with Crippen LogP contribution in [0.15, 0.2) is 22.9 Å². The zero-order valence-corrected chi connectivity index (χ0v) is 11.0. The summed E-state index contributed by atoms with van der Waals surface area (Å²) in [5, 5.41) is 12.8. The Morgan fingerprint density at radius 2 is 2.35 bits per heavy atom. The van der Waals surface area contributed by atoms with Crippen LogP contribution in [0.25, 0.3) is 11.5 Å². The number of hydrogen-bond donors (Lipinski definition) is 0. The molecule has 1 fully saturated rings. The van der Waals surface area contributed by atoms with Gasteiger partial charge in [0.1, 0.15) is 11.8 Å². The van der Waals surface area contributed by atoms with Crippen LogP contribution in [0.3, 0.4) is 0 Å². The molecule has 1 unspecified atom stereocenters. The van der Waals surface area contributed by atoms with Gasteiger partial charge >= 0.3 is 0 Å². The molecule has 3 heterocycles. The molecule has 6 heteroatoms. The molecule has 3 rings (SSSR count). The number of rotatable bonds is 3. The largest absolute Gasteiger partial charge is 0.378 e. The Bertz CT molecular complexity index is 626. The molecule has 0 radical (unpaired) electrons. The number of ether oxygens (including phenoxy) is 1. The van der Waals surface area contributed by atoms with Crippen LogP contribution in [0, 0.1) is 11.3 Å². The second-order valence-electron chi connectivity index (χ2n) is 4.75. The molecule has 0 amide bonds. The van der Waals surface area contributed by atoms with Gasteiger partial charge in [-0.2, -0.15) is 10.2 Å². The van der Waals surface area contributed by atoms with Crippen molar-refractivity contribution in [1.82, 2.24) is 15.1 Å². The fourth-order valence-corrected chi connectivity index (χ4v) is 2.25. The fourth-order valence-electron chi connectivity index (χ4n) is 2.25. The van der Waals surface area contributed by atoms with Gasteiger partial charge in [0.05, 0.1) is 6.10 Å². The van der Waals surface area contributed by atoms with E-state index in [4.69, 9.17) is 14.5 Å². The summed E-state index contributed by atoms with van der Waals surface area (Å²) in [5.41, 5.74) is 1.04. The molecule has 1 aliphatic heterocycles. The van der Waals surface area contributed by atoms with Crippen LogP contribution in [-0.4, -0.2) is 27.8 Å². The molecule has 0 aromatic carbocycles. The Kier molecular flexibility index (Phi) is 3.70. The van der Waals surface area contributed by atoms with Crippen molar-refractivity contribution in [1.29, 1.82) is 5.26 Å². The smallest absolute Gasteiger partial charge is 0.258 e. The molecule has 20 heavy (non-hydrogen) atoms. The SMILES string of the molecule is N#Cc1cc(-c2nc(CC3CCCCO3)no2)ccn1. The second kappa shape index (κ2) is 5.80. The molecule has 1 aliphatic rings. The summed E-state index contributed by atoms with van der Waals surface area (Å²) in [4.78, 5) is 8.27. The molecule has 0 saturated carbocycles. The topological polar surface area (TPSA) is 84.8 Å². The van der Waals surface area contributed by atoms with E-state index in [0.717, 1.165) is 19.4 Å². The Balaban J connectivity index is 1.74. The second-order valence-corrected chi connectivity index (χ2v) is 4.75. The summed E-state index contributed by atoms with van der Waals surface area (Å²) in [7, 11) is 0. The van der Waals surface area contributed by atoms with Crippen LogP contribution in [0.5, 0.6) is 0 Å². The van der Waals surface area contributed by atoms with E-state index in [1.165, 1.54) is 6.42 Å². The Morgan fingerprint density at radius 3 is 3.15 bits per heavy atom. The van der Waals surface area contributed by atoms with Gasteiger partial charge in [-0.25, -0.2) is 4.98 Å². The van der Waals surface area contributed by atoms with E-state index < -0.39 is 0 Å². The van der Waals surface area contributed by atoms with Crippen LogP contribution in [0.1, 0.15) is 30.8 Å². The molecule has 2 aromatic rings. The molecule has 0 aliphatic carbocycles. The van der Waals surface area contributed by atoms with Gasteiger partial charge in [-0.15, -0.1) is 0 Å². The minimum absolute atomic E-state index is 0.182. The molecular formula is C14H14N4O2. The lowest BCUT2D eigenvalue weighted by molar-refractivity contribution is 0.0153. The summed E-state index contributed by atoms with van der Waals surface area (Å²) in [6, 6.07) is 5.37. The van der Waals surface area contributed by atoms with Gasteiger partial charge in [0.25, 0.3) is 5.89 Å². The minimum atomic E-state index is 0.182. The maximum absolute atomic E-state index is 8.83. The van der Waals surface area contributed by atoms with Crippen LogP contribution >= 0.6 is 0 Å². The molecule has 0 bridgehead atoms. The van der Waals surface area contributed by atoms with Crippen LogP contribution in [0.4, 0.5) is 0 Å². The van der Waals surface area contributed by atoms with E-state index >= 15 is 0 Å². The van der Waals surface area contributed by atoms with Crippen molar-refractivity contribution in [2.24, 2.45) is 0 Å². The summed E-state index contributed by atoms with van der Waals surface area (Å²) < 4.78 is 10.9. The highest BCUT2D eigenvalue weighted by Gasteiger charge is 2.18. The Hall–Kier alpha value is -2.26. The summed E-state index contributed by atoms with van der Waals surface area (Å²) in [5.74, 6) is 1.05. The maximum atomic E-state index is 8.83. The lowest BCUT2D eigenvalue weighted by atomic mass is 10.1. The maximum Gasteiger partial charge on any atom is 0.258 e. The first-order chi connectivity index (χ1) is 9.85. The highest BCUT2D eigenvalue weighted by Crippen LogP contribution is 2.20. The first kappa shape index (κ1) is 12.8. The molecule has 1 saturated heterocycles. The van der Waals surface area contributed by atoms with E-state index in [-0.39, 0.29) is 6.10 Å². The normalized spacial score (nSPS) is 18.6. The van der Waals surface area contributed by atoms with Gasteiger partial charge in [-0.3, -0.25) is 0 Å². The fraction of sp³-hybridized carbons (Fsp3) is 0.429. The van der Waals surface area contributed by atoms with Crippen molar-refractivity contribution in [2.75, 3.05) is 6.61 Å². The quantitative estimate of drug-likeness (QED) is 0.849. The standard InChI is InChI=1S/C14H14N4O2/c15-9-11-7-10(4-5-16-11)14-17-13(18-20-14)8-12-3-1-2-6-19-12/h4-5,7,12H,1-3,6,8H2.